The number of methoxy groups -OCH3 is 2. The van der Waals surface area contributed by atoms with E-state index >= 15 is 0 Å². The highest BCUT2D eigenvalue weighted by atomic mass is 35.5. The van der Waals surface area contributed by atoms with Crippen LogP contribution in [-0.2, 0) is 32.6 Å². The van der Waals surface area contributed by atoms with E-state index in [1.54, 1.807) is 12.1 Å². The summed E-state index contributed by atoms with van der Waals surface area (Å²) in [5, 5.41) is 3.40. The number of halogens is 1. The quantitative estimate of drug-likeness (QED) is 0.158. The second-order valence-electron chi connectivity index (χ2n) is 11.9. The van der Waals surface area contributed by atoms with E-state index in [4.69, 9.17) is 21.1 Å². The molecule has 0 aromatic heterocycles. The number of rotatable bonds is 15. The first kappa shape index (κ1) is 36.3. The number of amides is 2. The summed E-state index contributed by atoms with van der Waals surface area (Å²) in [6.07, 6.45) is 0.228. The maximum atomic E-state index is 14.6. The Bertz CT molecular complexity index is 1800. The standard InChI is InChI=1S/C37H42ClN3O6S/c1-26(2)23-39-37(43)33(21-28-11-7-6-8-12-28)40(24-29-13-9-10-27(3)20-29)36(42)25-41(31-16-14-30(38)15-17-31)48(44,45)32-18-19-34(46-4)35(22-32)47-5/h6-20,22,26,33H,21,23-25H2,1-5H3,(H,39,43)/t33-/m1/s1. The number of carbonyl (C=O) groups excluding carboxylic acids is 2. The lowest BCUT2D eigenvalue weighted by Crippen LogP contribution is -2.53. The highest BCUT2D eigenvalue weighted by molar-refractivity contribution is 7.92. The van der Waals surface area contributed by atoms with Gasteiger partial charge in [-0.15, -0.1) is 0 Å². The first-order valence-corrected chi connectivity index (χ1v) is 17.4. The summed E-state index contributed by atoms with van der Waals surface area (Å²) in [5.74, 6) is -0.136. The molecule has 0 spiro atoms. The molecule has 254 valence electrons. The van der Waals surface area contributed by atoms with Crippen LogP contribution in [0.1, 0.15) is 30.5 Å². The first-order chi connectivity index (χ1) is 22.9. The van der Waals surface area contributed by atoms with Gasteiger partial charge in [-0.2, -0.15) is 0 Å². The van der Waals surface area contributed by atoms with Gasteiger partial charge in [0, 0.05) is 30.6 Å². The highest BCUT2D eigenvalue weighted by Gasteiger charge is 2.35. The zero-order valence-corrected chi connectivity index (χ0v) is 29.4. The predicted molar refractivity (Wildman–Crippen MR) is 189 cm³/mol. The fourth-order valence-corrected chi connectivity index (χ4v) is 6.78. The smallest absolute Gasteiger partial charge is 0.264 e. The van der Waals surface area contributed by atoms with Crippen LogP contribution in [-0.4, -0.2) is 58.5 Å². The summed E-state index contributed by atoms with van der Waals surface area (Å²) in [6, 6.07) is 26.6. The molecule has 0 unspecified atom stereocenters. The van der Waals surface area contributed by atoms with E-state index in [-0.39, 0.29) is 41.1 Å². The number of nitrogens with one attached hydrogen (secondary N) is 1. The SMILES string of the molecule is COc1ccc(S(=O)(=O)N(CC(=O)N(Cc2cccc(C)c2)[C@H](Cc2ccccc2)C(=O)NCC(C)C)c2ccc(Cl)cc2)cc1OC. The van der Waals surface area contributed by atoms with Crippen molar-refractivity contribution in [2.75, 3.05) is 31.6 Å². The number of hydrogen-bond acceptors (Lipinski definition) is 6. The van der Waals surface area contributed by atoms with Crippen LogP contribution >= 0.6 is 11.6 Å². The Morgan fingerprint density at radius 1 is 0.833 bits per heavy atom. The number of aryl methyl sites for hydroxylation is 1. The molecule has 0 saturated carbocycles. The summed E-state index contributed by atoms with van der Waals surface area (Å²) in [6.45, 7) is 5.84. The molecule has 0 heterocycles. The predicted octanol–water partition coefficient (Wildman–Crippen LogP) is 6.27. The summed E-state index contributed by atoms with van der Waals surface area (Å²) >= 11 is 6.17. The average Bonchev–Trinajstić information content (AvgIpc) is 3.08. The van der Waals surface area contributed by atoms with Gasteiger partial charge in [-0.25, -0.2) is 8.42 Å². The van der Waals surface area contributed by atoms with Gasteiger partial charge in [0.2, 0.25) is 11.8 Å². The minimum Gasteiger partial charge on any atom is -0.493 e. The number of ether oxygens (including phenoxy) is 2. The normalized spacial score (nSPS) is 11.9. The number of nitrogens with zero attached hydrogens (tertiary/aromatic N) is 2. The summed E-state index contributed by atoms with van der Waals surface area (Å²) in [7, 11) is -1.49. The second-order valence-corrected chi connectivity index (χ2v) is 14.2. The van der Waals surface area contributed by atoms with Crippen LogP contribution < -0.4 is 19.1 Å². The molecular formula is C37H42ClN3O6S. The summed E-state index contributed by atoms with van der Waals surface area (Å²) < 4.78 is 40.4. The van der Waals surface area contributed by atoms with Crippen LogP contribution in [0.15, 0.2) is 102 Å². The van der Waals surface area contributed by atoms with Crippen molar-refractivity contribution in [1.29, 1.82) is 0 Å². The second kappa shape index (κ2) is 16.5. The monoisotopic (exact) mass is 691 g/mol. The Morgan fingerprint density at radius 3 is 2.12 bits per heavy atom. The van der Waals surface area contributed by atoms with Crippen LogP contribution in [0.3, 0.4) is 0 Å². The van der Waals surface area contributed by atoms with Crippen molar-refractivity contribution in [3.8, 4) is 11.5 Å². The molecule has 0 aliphatic rings. The van der Waals surface area contributed by atoms with Crippen molar-refractivity contribution in [2.45, 2.75) is 44.7 Å². The van der Waals surface area contributed by atoms with Gasteiger partial charge in [0.1, 0.15) is 12.6 Å². The Hall–Kier alpha value is -4.54. The number of benzene rings is 4. The zero-order chi connectivity index (χ0) is 34.8. The van der Waals surface area contributed by atoms with Crippen molar-refractivity contribution < 1.29 is 27.5 Å². The van der Waals surface area contributed by atoms with Gasteiger partial charge in [0.25, 0.3) is 10.0 Å². The van der Waals surface area contributed by atoms with E-state index in [2.05, 4.69) is 5.32 Å². The third-order valence-corrected chi connectivity index (χ3v) is 9.75. The van der Waals surface area contributed by atoms with Gasteiger partial charge in [-0.3, -0.25) is 13.9 Å². The number of anilines is 1. The van der Waals surface area contributed by atoms with Crippen LogP contribution in [0.25, 0.3) is 0 Å². The van der Waals surface area contributed by atoms with E-state index in [1.165, 1.54) is 49.5 Å². The lowest BCUT2D eigenvalue weighted by Gasteiger charge is -2.34. The molecule has 0 fully saturated rings. The van der Waals surface area contributed by atoms with E-state index in [0.717, 1.165) is 21.0 Å². The fraction of sp³-hybridized carbons (Fsp3) is 0.297. The van der Waals surface area contributed by atoms with Crippen molar-refractivity contribution >= 4 is 39.1 Å². The molecular weight excluding hydrogens is 650 g/mol. The van der Waals surface area contributed by atoms with E-state index < -0.39 is 28.5 Å². The maximum absolute atomic E-state index is 14.6. The molecule has 11 heteroatoms. The number of sulfonamides is 1. The van der Waals surface area contributed by atoms with Gasteiger partial charge < -0.3 is 19.7 Å². The van der Waals surface area contributed by atoms with Crippen molar-refractivity contribution in [1.82, 2.24) is 10.2 Å². The first-order valence-electron chi connectivity index (χ1n) is 15.6. The van der Waals surface area contributed by atoms with Gasteiger partial charge in [0.05, 0.1) is 24.8 Å². The lowest BCUT2D eigenvalue weighted by atomic mass is 10.0. The zero-order valence-electron chi connectivity index (χ0n) is 27.9. The van der Waals surface area contributed by atoms with E-state index in [0.29, 0.717) is 17.3 Å². The third kappa shape index (κ3) is 9.29. The molecule has 0 saturated heterocycles. The Kier molecular flexibility index (Phi) is 12.5. The van der Waals surface area contributed by atoms with Crippen molar-refractivity contribution in [2.24, 2.45) is 5.92 Å². The Balaban J connectivity index is 1.82. The summed E-state index contributed by atoms with van der Waals surface area (Å²) in [5.41, 5.74) is 2.88. The molecule has 1 N–H and O–H groups in total. The van der Waals surface area contributed by atoms with Gasteiger partial charge in [0.15, 0.2) is 11.5 Å². The van der Waals surface area contributed by atoms with Crippen LogP contribution in [0.4, 0.5) is 5.69 Å². The molecule has 0 bridgehead atoms. The Labute approximate surface area is 288 Å². The van der Waals surface area contributed by atoms with Gasteiger partial charge in [-0.1, -0.05) is 85.6 Å². The molecule has 48 heavy (non-hydrogen) atoms. The van der Waals surface area contributed by atoms with Crippen LogP contribution in [0.2, 0.25) is 5.02 Å². The average molecular weight is 692 g/mol. The molecule has 0 aliphatic heterocycles. The lowest BCUT2D eigenvalue weighted by molar-refractivity contribution is -0.140. The largest absolute Gasteiger partial charge is 0.493 e. The number of carbonyl (C=O) groups is 2. The molecule has 9 nitrogen and oxygen atoms in total. The molecule has 4 aromatic rings. The van der Waals surface area contributed by atoms with Crippen molar-refractivity contribution in [3.05, 3.63) is 119 Å². The van der Waals surface area contributed by atoms with Crippen LogP contribution in [0.5, 0.6) is 11.5 Å². The molecule has 4 aromatic carbocycles. The van der Waals surface area contributed by atoms with Crippen molar-refractivity contribution in [3.63, 3.8) is 0 Å². The maximum Gasteiger partial charge on any atom is 0.264 e. The minimum absolute atomic E-state index is 0.0813. The highest BCUT2D eigenvalue weighted by Crippen LogP contribution is 2.33. The third-order valence-electron chi connectivity index (χ3n) is 7.73. The number of hydrogen-bond donors (Lipinski definition) is 1. The minimum atomic E-state index is -4.35. The Morgan fingerprint density at radius 2 is 1.50 bits per heavy atom. The summed E-state index contributed by atoms with van der Waals surface area (Å²) in [4.78, 5) is 29.9. The van der Waals surface area contributed by atoms with E-state index in [9.17, 15) is 18.0 Å². The van der Waals surface area contributed by atoms with Gasteiger partial charge >= 0.3 is 0 Å². The molecule has 2 amide bonds. The molecule has 1 atom stereocenters. The topological polar surface area (TPSA) is 105 Å². The fourth-order valence-electron chi connectivity index (χ4n) is 5.22. The molecule has 0 aliphatic carbocycles. The molecule has 0 radical (unpaired) electrons. The van der Waals surface area contributed by atoms with E-state index in [1.807, 2.05) is 75.4 Å². The van der Waals surface area contributed by atoms with Crippen LogP contribution in [0, 0.1) is 12.8 Å². The van der Waals surface area contributed by atoms with Gasteiger partial charge in [-0.05, 0) is 60.4 Å². The molecule has 4 rings (SSSR count).